The molecular formula is C18H21NO7. The van der Waals surface area contributed by atoms with Crippen LogP contribution in [0.2, 0.25) is 0 Å². The van der Waals surface area contributed by atoms with E-state index in [0.717, 1.165) is 6.07 Å². The Morgan fingerprint density at radius 2 is 1.81 bits per heavy atom. The quantitative estimate of drug-likeness (QED) is 0.428. The molecule has 0 aliphatic heterocycles. The van der Waals surface area contributed by atoms with Gasteiger partial charge in [-0.05, 0) is 30.4 Å². The molecule has 1 aliphatic carbocycles. The zero-order valence-electron chi connectivity index (χ0n) is 13.9. The van der Waals surface area contributed by atoms with E-state index in [1.165, 1.54) is 0 Å². The summed E-state index contributed by atoms with van der Waals surface area (Å²) < 4.78 is 0. The summed E-state index contributed by atoms with van der Waals surface area (Å²) in [4.78, 5) is 26.1. The number of aromatic nitrogens is 1. The number of aromatic amines is 1. The van der Waals surface area contributed by atoms with Crippen LogP contribution >= 0.6 is 0 Å². The lowest BCUT2D eigenvalue weighted by molar-refractivity contribution is -0.141. The summed E-state index contributed by atoms with van der Waals surface area (Å²) in [5.41, 5.74) is 0.325. The number of H-pyrrole nitrogens is 1. The minimum atomic E-state index is -1.38. The molecule has 1 aromatic carbocycles. The molecule has 0 radical (unpaired) electrons. The lowest BCUT2D eigenvalue weighted by Crippen LogP contribution is -2.52. The molecule has 0 bridgehead atoms. The van der Waals surface area contributed by atoms with Gasteiger partial charge in [-0.25, -0.2) is 4.79 Å². The molecule has 1 heterocycles. The average Bonchev–Trinajstić information content (AvgIpc) is 2.62. The fourth-order valence-electron chi connectivity index (χ4n) is 3.71. The van der Waals surface area contributed by atoms with Crippen molar-refractivity contribution < 1.29 is 30.3 Å². The predicted molar refractivity (Wildman–Crippen MR) is 91.9 cm³/mol. The minimum absolute atomic E-state index is 0.233. The number of para-hydroxylation sites is 1. The Kier molecular flexibility index (Phi) is 5.10. The molecule has 1 fully saturated rings. The molecule has 1 saturated carbocycles. The average molecular weight is 363 g/mol. The standard InChI is InChI=1S/C18H21NO7/c20-7-10-5-9(15(22)17(24)16(10)23)4-8-2-1-3-11-13(21)6-12(18(25)26)19-14(8)11/h1-3,6,9-10,15-17,20,22-24H,4-5,7H2,(H,19,21)(H,25,26)/t9-,10?,15?,16-,17-/m1/s1. The molecule has 1 aliphatic rings. The third-order valence-electron chi connectivity index (χ3n) is 5.17. The number of nitrogens with one attached hydrogen (secondary N) is 1. The van der Waals surface area contributed by atoms with E-state index in [1.807, 2.05) is 0 Å². The van der Waals surface area contributed by atoms with Gasteiger partial charge in [0.1, 0.15) is 11.8 Å². The molecule has 5 atom stereocenters. The molecule has 8 heteroatoms. The van der Waals surface area contributed by atoms with E-state index < -0.39 is 41.5 Å². The summed E-state index contributed by atoms with van der Waals surface area (Å²) in [5.74, 6) is -2.29. The third kappa shape index (κ3) is 3.24. The topological polar surface area (TPSA) is 151 Å². The van der Waals surface area contributed by atoms with Gasteiger partial charge in [-0.1, -0.05) is 12.1 Å². The first-order chi connectivity index (χ1) is 12.3. The molecule has 6 N–H and O–H groups in total. The number of benzene rings is 1. The maximum atomic E-state index is 12.2. The lowest BCUT2D eigenvalue weighted by atomic mass is 9.73. The van der Waals surface area contributed by atoms with Gasteiger partial charge in [0.05, 0.1) is 17.7 Å². The number of hydrogen-bond donors (Lipinski definition) is 6. The Labute approximate surface area is 148 Å². The van der Waals surface area contributed by atoms with Gasteiger partial charge < -0.3 is 30.5 Å². The largest absolute Gasteiger partial charge is 0.477 e. The van der Waals surface area contributed by atoms with Gasteiger partial charge in [0.2, 0.25) is 0 Å². The van der Waals surface area contributed by atoms with Gasteiger partial charge in [-0.15, -0.1) is 0 Å². The fraction of sp³-hybridized carbons (Fsp3) is 0.444. The second-order valence-corrected chi connectivity index (χ2v) is 6.81. The number of carboxylic acids is 1. The summed E-state index contributed by atoms with van der Waals surface area (Å²) in [7, 11) is 0. The van der Waals surface area contributed by atoms with E-state index in [0.29, 0.717) is 16.5 Å². The predicted octanol–water partition coefficient (Wildman–Crippen LogP) is -0.520. The zero-order valence-corrected chi connectivity index (χ0v) is 13.9. The van der Waals surface area contributed by atoms with Crippen molar-refractivity contribution in [3.63, 3.8) is 0 Å². The maximum absolute atomic E-state index is 12.2. The number of aliphatic hydroxyl groups excluding tert-OH is 4. The van der Waals surface area contributed by atoms with Gasteiger partial charge in [-0.2, -0.15) is 0 Å². The SMILES string of the molecule is O=C(O)c1cc(=O)c2cccc(C[C@@H]3CC(CO)[C@@H](O)[C@H](O)C3O)c2[nH]1. The highest BCUT2D eigenvalue weighted by molar-refractivity contribution is 5.90. The molecule has 26 heavy (non-hydrogen) atoms. The van der Waals surface area contributed by atoms with E-state index in [1.54, 1.807) is 18.2 Å². The third-order valence-corrected chi connectivity index (χ3v) is 5.17. The zero-order chi connectivity index (χ0) is 19.0. The highest BCUT2D eigenvalue weighted by Crippen LogP contribution is 2.33. The molecule has 0 saturated heterocycles. The number of carbonyl (C=O) groups is 1. The van der Waals surface area contributed by atoms with Crippen LogP contribution in [0.4, 0.5) is 0 Å². The second-order valence-electron chi connectivity index (χ2n) is 6.81. The Morgan fingerprint density at radius 1 is 1.12 bits per heavy atom. The van der Waals surface area contributed by atoms with Gasteiger partial charge >= 0.3 is 5.97 Å². The minimum Gasteiger partial charge on any atom is -0.477 e. The van der Waals surface area contributed by atoms with Crippen LogP contribution in [0.15, 0.2) is 29.1 Å². The smallest absolute Gasteiger partial charge is 0.352 e. The number of aliphatic hydroxyl groups is 4. The number of hydrogen-bond acceptors (Lipinski definition) is 6. The molecular weight excluding hydrogens is 342 g/mol. The second kappa shape index (κ2) is 7.16. The van der Waals surface area contributed by atoms with Crippen molar-refractivity contribution >= 4 is 16.9 Å². The van der Waals surface area contributed by atoms with Crippen LogP contribution in [0.3, 0.4) is 0 Å². The molecule has 0 spiro atoms. The van der Waals surface area contributed by atoms with Crippen LogP contribution in [0.5, 0.6) is 0 Å². The Bertz CT molecular complexity index is 875. The number of fused-ring (bicyclic) bond motifs is 1. The summed E-state index contributed by atoms with van der Waals surface area (Å²) in [5, 5.41) is 49.1. The van der Waals surface area contributed by atoms with Crippen molar-refractivity contribution in [2.75, 3.05) is 6.61 Å². The maximum Gasteiger partial charge on any atom is 0.352 e. The molecule has 8 nitrogen and oxygen atoms in total. The fourth-order valence-corrected chi connectivity index (χ4v) is 3.71. The molecule has 3 rings (SSSR count). The van der Waals surface area contributed by atoms with Crippen LogP contribution in [0.25, 0.3) is 10.9 Å². The van der Waals surface area contributed by atoms with Gasteiger partial charge in [0.15, 0.2) is 5.43 Å². The van der Waals surface area contributed by atoms with Gasteiger partial charge in [0.25, 0.3) is 0 Å². The monoisotopic (exact) mass is 363 g/mol. The first kappa shape index (κ1) is 18.5. The van der Waals surface area contributed by atoms with Crippen LogP contribution in [-0.2, 0) is 6.42 Å². The van der Waals surface area contributed by atoms with Crippen LogP contribution in [0.1, 0.15) is 22.5 Å². The van der Waals surface area contributed by atoms with E-state index in [9.17, 15) is 30.0 Å². The summed E-state index contributed by atoms with van der Waals surface area (Å²) in [6.07, 6.45) is -3.25. The Morgan fingerprint density at radius 3 is 2.46 bits per heavy atom. The lowest BCUT2D eigenvalue weighted by Gasteiger charge is -2.40. The van der Waals surface area contributed by atoms with E-state index >= 15 is 0 Å². The number of rotatable bonds is 4. The van der Waals surface area contributed by atoms with Crippen molar-refractivity contribution in [3.8, 4) is 0 Å². The van der Waals surface area contributed by atoms with Crippen molar-refractivity contribution in [1.82, 2.24) is 4.98 Å². The van der Waals surface area contributed by atoms with E-state index in [2.05, 4.69) is 4.98 Å². The summed E-state index contributed by atoms with van der Waals surface area (Å²) >= 11 is 0. The first-order valence-corrected chi connectivity index (χ1v) is 8.36. The van der Waals surface area contributed by atoms with E-state index in [-0.39, 0.29) is 25.1 Å². The van der Waals surface area contributed by atoms with Crippen LogP contribution in [-0.4, -0.2) is 61.4 Å². The number of carboxylic acid groups (broad SMARTS) is 1. The van der Waals surface area contributed by atoms with Crippen LogP contribution < -0.4 is 5.43 Å². The molecule has 2 aromatic rings. The van der Waals surface area contributed by atoms with E-state index in [4.69, 9.17) is 5.11 Å². The normalized spacial score (nSPS) is 29.0. The molecule has 2 unspecified atom stereocenters. The van der Waals surface area contributed by atoms with Gasteiger partial charge in [0, 0.05) is 24.0 Å². The molecule has 140 valence electrons. The Balaban J connectivity index is 2.00. The molecule has 0 amide bonds. The highest BCUT2D eigenvalue weighted by atomic mass is 16.4. The Hall–Kier alpha value is -2.26. The summed E-state index contributed by atoms with van der Waals surface area (Å²) in [6.45, 7) is -0.322. The van der Waals surface area contributed by atoms with Crippen molar-refractivity contribution in [3.05, 3.63) is 45.7 Å². The number of aromatic carboxylic acids is 1. The molecule has 1 aromatic heterocycles. The van der Waals surface area contributed by atoms with Crippen molar-refractivity contribution in [2.45, 2.75) is 31.2 Å². The summed E-state index contributed by atoms with van der Waals surface area (Å²) in [6, 6.07) is 5.97. The van der Waals surface area contributed by atoms with Crippen molar-refractivity contribution in [1.29, 1.82) is 0 Å². The highest BCUT2D eigenvalue weighted by Gasteiger charge is 2.42. The first-order valence-electron chi connectivity index (χ1n) is 8.36. The van der Waals surface area contributed by atoms with Crippen molar-refractivity contribution in [2.24, 2.45) is 11.8 Å². The van der Waals surface area contributed by atoms with Gasteiger partial charge in [-0.3, -0.25) is 4.79 Å². The van der Waals surface area contributed by atoms with Crippen LogP contribution in [0, 0.1) is 11.8 Å². The number of pyridine rings is 1.